The molecule has 30 heavy (non-hydrogen) atoms. The average Bonchev–Trinajstić information content (AvgIpc) is 3.34. The number of benzene rings is 1. The van der Waals surface area contributed by atoms with Gasteiger partial charge < -0.3 is 9.73 Å². The lowest BCUT2D eigenvalue weighted by Crippen LogP contribution is -2.39. The Morgan fingerprint density at radius 2 is 1.90 bits per heavy atom. The number of rotatable bonds is 7. The highest BCUT2D eigenvalue weighted by Gasteiger charge is 2.24. The van der Waals surface area contributed by atoms with Gasteiger partial charge in [0.15, 0.2) is 10.9 Å². The van der Waals surface area contributed by atoms with Crippen LogP contribution in [0.5, 0.6) is 0 Å². The molecular weight excluding hydrogens is 396 g/mol. The Balaban J connectivity index is 1.50. The molecule has 1 amide bonds. The van der Waals surface area contributed by atoms with Crippen LogP contribution in [0, 0.1) is 0 Å². The van der Waals surface area contributed by atoms with Gasteiger partial charge in [0, 0.05) is 6.04 Å². The van der Waals surface area contributed by atoms with E-state index in [0.29, 0.717) is 29.3 Å². The van der Waals surface area contributed by atoms with E-state index in [1.165, 1.54) is 37.4 Å². The highest BCUT2D eigenvalue weighted by molar-refractivity contribution is 8.00. The summed E-state index contributed by atoms with van der Waals surface area (Å²) in [5, 5.41) is 12.5. The van der Waals surface area contributed by atoms with E-state index in [1.807, 2.05) is 41.8 Å². The molecule has 0 saturated heterocycles. The molecular formula is C23H28N4O2S. The van der Waals surface area contributed by atoms with Crippen LogP contribution in [0.25, 0.3) is 11.6 Å². The molecule has 0 spiro atoms. The molecule has 4 rings (SSSR count). The summed E-state index contributed by atoms with van der Waals surface area (Å²) in [6.07, 6.45) is 8.73. The first-order valence-corrected chi connectivity index (χ1v) is 11.6. The Bertz CT molecular complexity index is 932. The zero-order chi connectivity index (χ0) is 20.8. The van der Waals surface area contributed by atoms with Gasteiger partial charge in [-0.2, -0.15) is 0 Å². The van der Waals surface area contributed by atoms with Crippen LogP contribution < -0.4 is 5.32 Å². The maximum atomic E-state index is 12.8. The maximum absolute atomic E-state index is 12.8. The third-order valence-corrected chi connectivity index (χ3v) is 6.58. The van der Waals surface area contributed by atoms with Crippen molar-refractivity contribution < 1.29 is 9.21 Å². The van der Waals surface area contributed by atoms with E-state index < -0.39 is 0 Å². The number of furan rings is 1. The molecule has 0 bridgehead atoms. The topological polar surface area (TPSA) is 73.0 Å². The molecule has 6 nitrogen and oxygen atoms in total. The van der Waals surface area contributed by atoms with Gasteiger partial charge in [0.1, 0.15) is 0 Å². The first kappa shape index (κ1) is 20.7. The summed E-state index contributed by atoms with van der Waals surface area (Å²) in [6.45, 7) is 2.55. The van der Waals surface area contributed by atoms with Crippen molar-refractivity contribution >= 4 is 17.7 Å². The van der Waals surface area contributed by atoms with Crippen molar-refractivity contribution in [3.63, 3.8) is 0 Å². The van der Waals surface area contributed by atoms with Crippen LogP contribution in [0.2, 0.25) is 0 Å². The lowest BCUT2D eigenvalue weighted by molar-refractivity contribution is -0.121. The summed E-state index contributed by atoms with van der Waals surface area (Å²) in [5.74, 6) is 1.41. The fraction of sp³-hybridized carbons (Fsp3) is 0.435. The second-order valence-corrected chi connectivity index (χ2v) is 9.12. The summed E-state index contributed by atoms with van der Waals surface area (Å²) in [4.78, 5) is 12.8. The lowest BCUT2D eigenvalue weighted by Gasteiger charge is -2.19. The third kappa shape index (κ3) is 5.14. The molecule has 1 aliphatic carbocycles. The number of thioether (sulfide) groups is 1. The largest absolute Gasteiger partial charge is 0.461 e. The van der Waals surface area contributed by atoms with Gasteiger partial charge in [-0.25, -0.2) is 0 Å². The highest BCUT2D eigenvalue weighted by atomic mass is 32.2. The Morgan fingerprint density at radius 1 is 1.13 bits per heavy atom. The van der Waals surface area contributed by atoms with Crippen molar-refractivity contribution in [2.24, 2.45) is 0 Å². The van der Waals surface area contributed by atoms with E-state index in [2.05, 4.69) is 27.6 Å². The van der Waals surface area contributed by atoms with Gasteiger partial charge in [-0.05, 0) is 37.5 Å². The molecule has 0 radical (unpaired) electrons. The van der Waals surface area contributed by atoms with E-state index >= 15 is 0 Å². The molecule has 1 N–H and O–H groups in total. The summed E-state index contributed by atoms with van der Waals surface area (Å²) in [6, 6.07) is 14.2. The normalized spacial score (nSPS) is 16.2. The van der Waals surface area contributed by atoms with E-state index in [9.17, 15) is 4.79 Å². The van der Waals surface area contributed by atoms with Gasteiger partial charge in [-0.3, -0.25) is 9.36 Å². The van der Waals surface area contributed by atoms with E-state index in [1.54, 1.807) is 6.26 Å². The van der Waals surface area contributed by atoms with Gasteiger partial charge in [0.25, 0.3) is 0 Å². The molecule has 1 fully saturated rings. The second kappa shape index (κ2) is 9.98. The van der Waals surface area contributed by atoms with Crippen LogP contribution in [-0.2, 0) is 11.3 Å². The smallest absolute Gasteiger partial charge is 0.233 e. The monoisotopic (exact) mass is 424 g/mol. The molecule has 0 unspecified atom stereocenters. The molecule has 1 aromatic carbocycles. The standard InChI is InChI=1S/C23H28N4O2S/c1-17(22(28)24-19-12-7-2-3-8-13-19)30-23-26-25-21(20-14-9-15-29-20)27(23)16-18-10-5-4-6-11-18/h4-6,9-11,14-15,17,19H,2-3,7-8,12-13,16H2,1H3,(H,24,28)/t17-/m0/s1. The highest BCUT2D eigenvalue weighted by Crippen LogP contribution is 2.28. The predicted molar refractivity (Wildman–Crippen MR) is 118 cm³/mol. The molecule has 7 heteroatoms. The van der Waals surface area contributed by atoms with Crippen molar-refractivity contribution in [2.75, 3.05) is 0 Å². The summed E-state index contributed by atoms with van der Waals surface area (Å²) in [5.41, 5.74) is 1.14. The van der Waals surface area contributed by atoms with Crippen LogP contribution in [0.3, 0.4) is 0 Å². The molecule has 1 saturated carbocycles. The maximum Gasteiger partial charge on any atom is 0.233 e. The minimum Gasteiger partial charge on any atom is -0.461 e. The van der Waals surface area contributed by atoms with Gasteiger partial charge in [-0.1, -0.05) is 67.8 Å². The zero-order valence-corrected chi connectivity index (χ0v) is 18.1. The number of nitrogens with one attached hydrogen (secondary N) is 1. The zero-order valence-electron chi connectivity index (χ0n) is 17.3. The minimum atomic E-state index is -0.253. The fourth-order valence-electron chi connectivity index (χ4n) is 3.83. The molecule has 1 aliphatic rings. The van der Waals surface area contributed by atoms with Crippen LogP contribution in [0.1, 0.15) is 51.0 Å². The van der Waals surface area contributed by atoms with Crippen LogP contribution in [0.4, 0.5) is 0 Å². The first-order valence-electron chi connectivity index (χ1n) is 10.7. The van der Waals surface area contributed by atoms with Crippen LogP contribution in [0.15, 0.2) is 58.3 Å². The van der Waals surface area contributed by atoms with Gasteiger partial charge in [-0.15, -0.1) is 10.2 Å². The Morgan fingerprint density at radius 3 is 2.60 bits per heavy atom. The summed E-state index contributed by atoms with van der Waals surface area (Å²) >= 11 is 1.45. The number of hydrogen-bond acceptors (Lipinski definition) is 5. The Kier molecular flexibility index (Phi) is 6.89. The fourth-order valence-corrected chi connectivity index (χ4v) is 4.68. The van der Waals surface area contributed by atoms with Gasteiger partial charge >= 0.3 is 0 Å². The van der Waals surface area contributed by atoms with Crippen LogP contribution in [-0.4, -0.2) is 32.0 Å². The SMILES string of the molecule is C[C@H](Sc1nnc(-c2ccco2)n1Cc1ccccc1)C(=O)NC1CCCCCC1. The summed E-state index contributed by atoms with van der Waals surface area (Å²) < 4.78 is 7.59. The number of carbonyl (C=O) groups excluding carboxylic acids is 1. The van der Waals surface area contributed by atoms with E-state index in [0.717, 1.165) is 18.4 Å². The van der Waals surface area contributed by atoms with Crippen molar-refractivity contribution in [1.29, 1.82) is 0 Å². The molecule has 158 valence electrons. The number of nitrogens with zero attached hydrogens (tertiary/aromatic N) is 3. The number of hydrogen-bond donors (Lipinski definition) is 1. The van der Waals surface area contributed by atoms with Crippen molar-refractivity contribution in [1.82, 2.24) is 20.1 Å². The molecule has 0 aliphatic heterocycles. The number of amides is 1. The van der Waals surface area contributed by atoms with E-state index in [-0.39, 0.29) is 11.2 Å². The van der Waals surface area contributed by atoms with Crippen molar-refractivity contribution in [2.45, 2.75) is 68.4 Å². The third-order valence-electron chi connectivity index (χ3n) is 5.49. The lowest BCUT2D eigenvalue weighted by atomic mass is 10.1. The summed E-state index contributed by atoms with van der Waals surface area (Å²) in [7, 11) is 0. The van der Waals surface area contributed by atoms with Crippen LogP contribution >= 0.6 is 11.8 Å². The quantitative estimate of drug-likeness (QED) is 0.431. The van der Waals surface area contributed by atoms with Gasteiger partial charge in [0.05, 0.1) is 18.1 Å². The number of aromatic nitrogens is 3. The molecule has 1 atom stereocenters. The van der Waals surface area contributed by atoms with Crippen molar-refractivity contribution in [3.05, 3.63) is 54.3 Å². The number of carbonyl (C=O) groups is 1. The van der Waals surface area contributed by atoms with Crippen molar-refractivity contribution in [3.8, 4) is 11.6 Å². The van der Waals surface area contributed by atoms with E-state index in [4.69, 9.17) is 4.42 Å². The Labute approximate surface area is 181 Å². The molecule has 3 aromatic rings. The second-order valence-electron chi connectivity index (χ2n) is 7.81. The average molecular weight is 425 g/mol. The first-order chi connectivity index (χ1) is 14.7. The Hall–Kier alpha value is -2.54. The molecule has 2 heterocycles. The minimum absolute atomic E-state index is 0.0701. The molecule has 2 aromatic heterocycles. The predicted octanol–water partition coefficient (Wildman–Crippen LogP) is 4.91. The van der Waals surface area contributed by atoms with Gasteiger partial charge in [0.2, 0.25) is 11.7 Å².